The zero-order valence-electron chi connectivity index (χ0n) is 7.53. The first-order valence-corrected chi connectivity index (χ1v) is 5.21. The van der Waals surface area contributed by atoms with E-state index in [1.807, 2.05) is 4.90 Å². The third-order valence-corrected chi connectivity index (χ3v) is 3.06. The summed E-state index contributed by atoms with van der Waals surface area (Å²) in [6.45, 7) is 0.845. The first kappa shape index (κ1) is 8.94. The van der Waals surface area contributed by atoms with Gasteiger partial charge >= 0.3 is 0 Å². The molecule has 1 heterocycles. The SMILES string of the molecule is NC(=S)C1CCCN1C(=O)C1CC1. The van der Waals surface area contributed by atoms with E-state index in [1.165, 1.54) is 0 Å². The van der Waals surface area contributed by atoms with Crippen LogP contribution in [0, 0.1) is 5.92 Å². The van der Waals surface area contributed by atoms with Gasteiger partial charge in [0.1, 0.15) is 0 Å². The highest BCUT2D eigenvalue weighted by atomic mass is 32.1. The predicted octanol–water partition coefficient (Wildman–Crippen LogP) is 0.673. The average molecular weight is 198 g/mol. The van der Waals surface area contributed by atoms with Crippen molar-refractivity contribution in [1.82, 2.24) is 4.90 Å². The minimum atomic E-state index is 0.0445. The Hall–Kier alpha value is -0.640. The van der Waals surface area contributed by atoms with Crippen molar-refractivity contribution >= 4 is 23.1 Å². The van der Waals surface area contributed by atoms with Gasteiger partial charge in [0.15, 0.2) is 0 Å². The van der Waals surface area contributed by atoms with Gasteiger partial charge in [0, 0.05) is 12.5 Å². The Kier molecular flexibility index (Phi) is 2.24. The molecule has 0 radical (unpaired) electrons. The van der Waals surface area contributed by atoms with Crippen LogP contribution in [0.1, 0.15) is 25.7 Å². The molecule has 1 saturated carbocycles. The molecule has 4 heteroatoms. The monoisotopic (exact) mass is 198 g/mol. The van der Waals surface area contributed by atoms with E-state index in [0.717, 1.165) is 32.2 Å². The number of rotatable bonds is 2. The molecule has 0 spiro atoms. The van der Waals surface area contributed by atoms with Crippen molar-refractivity contribution in [2.24, 2.45) is 11.7 Å². The highest BCUT2D eigenvalue weighted by Crippen LogP contribution is 2.33. The zero-order valence-corrected chi connectivity index (χ0v) is 8.35. The van der Waals surface area contributed by atoms with Crippen LogP contribution in [0.4, 0.5) is 0 Å². The van der Waals surface area contributed by atoms with Crippen molar-refractivity contribution in [3.63, 3.8) is 0 Å². The van der Waals surface area contributed by atoms with Crippen molar-refractivity contribution in [3.05, 3.63) is 0 Å². The molecule has 3 nitrogen and oxygen atoms in total. The number of amides is 1. The second-order valence-electron chi connectivity index (χ2n) is 3.87. The number of carbonyl (C=O) groups is 1. The third kappa shape index (κ3) is 1.68. The van der Waals surface area contributed by atoms with Gasteiger partial charge in [-0.3, -0.25) is 4.79 Å². The molecule has 1 saturated heterocycles. The molecule has 1 aliphatic heterocycles. The fourth-order valence-corrected chi connectivity index (χ4v) is 2.14. The minimum absolute atomic E-state index is 0.0445. The van der Waals surface area contributed by atoms with Crippen LogP contribution >= 0.6 is 12.2 Å². The van der Waals surface area contributed by atoms with Crippen LogP contribution in [-0.4, -0.2) is 28.4 Å². The lowest BCUT2D eigenvalue weighted by molar-refractivity contribution is -0.132. The molecule has 72 valence electrons. The first-order valence-electron chi connectivity index (χ1n) is 4.80. The lowest BCUT2D eigenvalue weighted by Crippen LogP contribution is -2.43. The number of nitrogens with zero attached hydrogens (tertiary/aromatic N) is 1. The molecule has 1 amide bonds. The molecule has 2 aliphatic rings. The molecular formula is C9H14N2OS. The second-order valence-corrected chi connectivity index (χ2v) is 4.34. The summed E-state index contributed by atoms with van der Waals surface area (Å²) in [4.78, 5) is 14.1. The van der Waals surface area contributed by atoms with Crippen LogP contribution in [0.15, 0.2) is 0 Å². The Morgan fingerprint density at radius 1 is 1.38 bits per heavy atom. The maximum Gasteiger partial charge on any atom is 0.226 e. The van der Waals surface area contributed by atoms with Crippen molar-refractivity contribution in [2.45, 2.75) is 31.7 Å². The van der Waals surface area contributed by atoms with Gasteiger partial charge < -0.3 is 10.6 Å². The molecule has 1 aliphatic carbocycles. The number of likely N-dealkylation sites (tertiary alicyclic amines) is 1. The van der Waals surface area contributed by atoms with Gasteiger partial charge in [-0.1, -0.05) is 12.2 Å². The molecule has 2 fully saturated rings. The fraction of sp³-hybridized carbons (Fsp3) is 0.778. The first-order chi connectivity index (χ1) is 6.20. The molecule has 13 heavy (non-hydrogen) atoms. The van der Waals surface area contributed by atoms with Gasteiger partial charge in [-0.25, -0.2) is 0 Å². The molecule has 2 N–H and O–H groups in total. The molecular weight excluding hydrogens is 184 g/mol. The number of thiocarbonyl (C=S) groups is 1. The lowest BCUT2D eigenvalue weighted by Gasteiger charge is -2.23. The Bertz CT molecular complexity index is 250. The Balaban J connectivity index is 2.03. The summed E-state index contributed by atoms with van der Waals surface area (Å²) in [6.07, 6.45) is 4.10. The van der Waals surface area contributed by atoms with Gasteiger partial charge in [0.05, 0.1) is 11.0 Å². The topological polar surface area (TPSA) is 46.3 Å². The highest BCUT2D eigenvalue weighted by Gasteiger charge is 2.38. The van der Waals surface area contributed by atoms with Crippen LogP contribution in [0.2, 0.25) is 0 Å². The van der Waals surface area contributed by atoms with Gasteiger partial charge in [-0.2, -0.15) is 0 Å². The van der Waals surface area contributed by atoms with E-state index < -0.39 is 0 Å². The number of hydrogen-bond donors (Lipinski definition) is 1. The predicted molar refractivity (Wildman–Crippen MR) is 54.2 cm³/mol. The summed E-state index contributed by atoms with van der Waals surface area (Å²) < 4.78 is 0. The lowest BCUT2D eigenvalue weighted by atomic mass is 10.2. The second kappa shape index (κ2) is 3.25. The maximum absolute atomic E-state index is 11.7. The molecule has 0 aromatic carbocycles. The van der Waals surface area contributed by atoms with E-state index in [2.05, 4.69) is 0 Å². The quantitative estimate of drug-likeness (QED) is 0.663. The van der Waals surface area contributed by atoms with Crippen molar-refractivity contribution in [2.75, 3.05) is 6.54 Å². The fourth-order valence-electron chi connectivity index (χ4n) is 1.89. The van der Waals surface area contributed by atoms with Crippen LogP contribution in [0.3, 0.4) is 0 Å². The van der Waals surface area contributed by atoms with Crippen LogP contribution in [0.5, 0.6) is 0 Å². The van der Waals surface area contributed by atoms with E-state index in [-0.39, 0.29) is 17.9 Å². The molecule has 0 bridgehead atoms. The standard InChI is InChI=1S/C9H14N2OS/c10-8(13)7-2-1-5-11(7)9(12)6-3-4-6/h6-7H,1-5H2,(H2,10,13). The Morgan fingerprint density at radius 3 is 2.62 bits per heavy atom. The van der Waals surface area contributed by atoms with E-state index >= 15 is 0 Å². The summed E-state index contributed by atoms with van der Waals surface area (Å²) in [7, 11) is 0. The normalized spacial score (nSPS) is 27.7. The van der Waals surface area contributed by atoms with Crippen molar-refractivity contribution in [3.8, 4) is 0 Å². The zero-order chi connectivity index (χ0) is 9.42. The maximum atomic E-state index is 11.7. The number of hydrogen-bond acceptors (Lipinski definition) is 2. The minimum Gasteiger partial charge on any atom is -0.392 e. The van der Waals surface area contributed by atoms with Crippen molar-refractivity contribution in [1.29, 1.82) is 0 Å². The molecule has 0 aromatic rings. The van der Waals surface area contributed by atoms with Crippen LogP contribution in [0.25, 0.3) is 0 Å². The van der Waals surface area contributed by atoms with Gasteiger partial charge in [0.2, 0.25) is 5.91 Å². The molecule has 1 atom stereocenters. The van der Waals surface area contributed by atoms with Crippen LogP contribution in [-0.2, 0) is 4.79 Å². The summed E-state index contributed by atoms with van der Waals surface area (Å²) in [5.74, 6) is 0.560. The Morgan fingerprint density at radius 2 is 2.08 bits per heavy atom. The summed E-state index contributed by atoms with van der Waals surface area (Å²) >= 11 is 4.94. The van der Waals surface area contributed by atoms with Gasteiger partial charge in [0.25, 0.3) is 0 Å². The van der Waals surface area contributed by atoms with Gasteiger partial charge in [-0.05, 0) is 25.7 Å². The average Bonchev–Trinajstić information content (AvgIpc) is 2.80. The van der Waals surface area contributed by atoms with Crippen LogP contribution < -0.4 is 5.73 Å². The van der Waals surface area contributed by atoms with Crippen molar-refractivity contribution < 1.29 is 4.79 Å². The van der Waals surface area contributed by atoms with E-state index in [0.29, 0.717) is 4.99 Å². The summed E-state index contributed by atoms with van der Waals surface area (Å²) in [6, 6.07) is 0.0445. The Labute approximate surface area is 83.3 Å². The smallest absolute Gasteiger partial charge is 0.226 e. The highest BCUT2D eigenvalue weighted by molar-refractivity contribution is 7.80. The summed E-state index contributed by atoms with van der Waals surface area (Å²) in [5, 5.41) is 0. The molecule has 2 rings (SSSR count). The molecule has 0 aromatic heterocycles. The van der Waals surface area contributed by atoms with E-state index in [1.54, 1.807) is 0 Å². The van der Waals surface area contributed by atoms with E-state index in [4.69, 9.17) is 18.0 Å². The largest absolute Gasteiger partial charge is 0.392 e. The number of carbonyl (C=O) groups excluding carboxylic acids is 1. The van der Waals surface area contributed by atoms with E-state index in [9.17, 15) is 4.79 Å². The number of nitrogens with two attached hydrogens (primary N) is 1. The third-order valence-electron chi connectivity index (χ3n) is 2.79. The van der Waals surface area contributed by atoms with Gasteiger partial charge in [-0.15, -0.1) is 0 Å². The molecule has 1 unspecified atom stereocenters. The summed E-state index contributed by atoms with van der Waals surface area (Å²) in [5.41, 5.74) is 5.58.